The lowest BCUT2D eigenvalue weighted by atomic mass is 10.0. The molecule has 0 bridgehead atoms. The Labute approximate surface area is 120 Å². The standard InChI is InChI=1S/C13H17BrN2O3/c1-19-7-6-13(4-5-13)9-15-11-8-10(14)2-3-12(11)16(17)18/h2-3,8,15H,4-7,9H2,1H3. The van der Waals surface area contributed by atoms with Gasteiger partial charge >= 0.3 is 0 Å². The van der Waals surface area contributed by atoms with Gasteiger partial charge in [0.25, 0.3) is 5.69 Å². The van der Waals surface area contributed by atoms with Crippen molar-refractivity contribution < 1.29 is 9.66 Å². The molecule has 0 saturated heterocycles. The van der Waals surface area contributed by atoms with Crippen LogP contribution >= 0.6 is 15.9 Å². The van der Waals surface area contributed by atoms with E-state index in [4.69, 9.17) is 4.74 Å². The van der Waals surface area contributed by atoms with E-state index in [2.05, 4.69) is 21.2 Å². The van der Waals surface area contributed by atoms with E-state index in [0.29, 0.717) is 5.69 Å². The maximum Gasteiger partial charge on any atom is 0.292 e. The minimum atomic E-state index is -0.358. The third kappa shape index (κ3) is 3.67. The number of anilines is 1. The highest BCUT2D eigenvalue weighted by Crippen LogP contribution is 2.49. The van der Waals surface area contributed by atoms with Gasteiger partial charge in [-0.2, -0.15) is 0 Å². The highest BCUT2D eigenvalue weighted by atomic mass is 79.9. The van der Waals surface area contributed by atoms with E-state index >= 15 is 0 Å². The number of nitrogens with zero attached hydrogens (tertiary/aromatic N) is 1. The average Bonchev–Trinajstić information content (AvgIpc) is 3.14. The lowest BCUT2D eigenvalue weighted by Crippen LogP contribution is -2.17. The van der Waals surface area contributed by atoms with Gasteiger partial charge in [0.2, 0.25) is 0 Å². The molecule has 1 aliphatic carbocycles. The third-order valence-corrected chi connectivity index (χ3v) is 4.10. The quantitative estimate of drug-likeness (QED) is 0.613. The van der Waals surface area contributed by atoms with Crippen molar-refractivity contribution in [2.24, 2.45) is 5.41 Å². The molecule has 0 atom stereocenters. The number of nitro benzene ring substituents is 1. The Morgan fingerprint density at radius 3 is 2.84 bits per heavy atom. The van der Waals surface area contributed by atoms with Crippen LogP contribution in [0.3, 0.4) is 0 Å². The van der Waals surface area contributed by atoms with E-state index in [-0.39, 0.29) is 16.0 Å². The normalized spacial score (nSPS) is 16.1. The minimum Gasteiger partial charge on any atom is -0.385 e. The Morgan fingerprint density at radius 1 is 1.53 bits per heavy atom. The molecule has 1 aromatic carbocycles. The lowest BCUT2D eigenvalue weighted by molar-refractivity contribution is -0.384. The van der Waals surface area contributed by atoms with Crippen molar-refractivity contribution in [3.63, 3.8) is 0 Å². The van der Waals surface area contributed by atoms with Crippen molar-refractivity contribution in [2.45, 2.75) is 19.3 Å². The van der Waals surface area contributed by atoms with Crippen molar-refractivity contribution in [3.05, 3.63) is 32.8 Å². The summed E-state index contributed by atoms with van der Waals surface area (Å²) in [6.07, 6.45) is 3.31. The van der Waals surface area contributed by atoms with Crippen molar-refractivity contribution in [1.29, 1.82) is 0 Å². The predicted molar refractivity (Wildman–Crippen MR) is 77.4 cm³/mol. The highest BCUT2D eigenvalue weighted by Gasteiger charge is 2.42. The highest BCUT2D eigenvalue weighted by molar-refractivity contribution is 9.10. The van der Waals surface area contributed by atoms with Gasteiger partial charge < -0.3 is 10.1 Å². The maximum absolute atomic E-state index is 11.0. The number of benzene rings is 1. The van der Waals surface area contributed by atoms with Gasteiger partial charge in [0.1, 0.15) is 5.69 Å². The molecule has 19 heavy (non-hydrogen) atoms. The Hall–Kier alpha value is -1.14. The Bertz CT molecular complexity index is 475. The van der Waals surface area contributed by atoms with E-state index in [9.17, 15) is 10.1 Å². The van der Waals surface area contributed by atoms with Crippen LogP contribution in [0.1, 0.15) is 19.3 Å². The number of hydrogen-bond acceptors (Lipinski definition) is 4. The number of hydrogen-bond donors (Lipinski definition) is 1. The number of methoxy groups -OCH3 is 1. The van der Waals surface area contributed by atoms with Crippen LogP contribution in [0.2, 0.25) is 0 Å². The van der Waals surface area contributed by atoms with Gasteiger partial charge in [-0.25, -0.2) is 0 Å². The number of nitrogens with one attached hydrogen (secondary N) is 1. The second-order valence-electron chi connectivity index (χ2n) is 5.01. The molecule has 0 aliphatic heterocycles. The van der Waals surface area contributed by atoms with E-state index in [1.807, 2.05) is 0 Å². The molecule has 1 fully saturated rings. The van der Waals surface area contributed by atoms with Gasteiger partial charge in [-0.15, -0.1) is 0 Å². The predicted octanol–water partition coefficient (Wildman–Crippen LogP) is 3.59. The molecule has 6 heteroatoms. The first-order chi connectivity index (χ1) is 9.06. The SMILES string of the molecule is COCCC1(CNc2cc(Br)ccc2[N+](=O)[O-])CC1. The second-order valence-corrected chi connectivity index (χ2v) is 5.93. The summed E-state index contributed by atoms with van der Waals surface area (Å²) >= 11 is 3.34. The summed E-state index contributed by atoms with van der Waals surface area (Å²) in [6, 6.07) is 4.95. The van der Waals surface area contributed by atoms with Crippen molar-refractivity contribution in [2.75, 3.05) is 25.6 Å². The molecule has 0 spiro atoms. The number of halogens is 1. The zero-order valence-corrected chi connectivity index (χ0v) is 12.4. The number of rotatable bonds is 7. The summed E-state index contributed by atoms with van der Waals surface area (Å²) in [4.78, 5) is 10.6. The average molecular weight is 329 g/mol. The second kappa shape index (κ2) is 5.88. The van der Waals surface area contributed by atoms with Crippen LogP contribution in [0.15, 0.2) is 22.7 Å². The summed E-state index contributed by atoms with van der Waals surface area (Å²) in [5, 5.41) is 14.2. The molecule has 2 rings (SSSR count). The lowest BCUT2D eigenvalue weighted by Gasteiger charge is -2.16. The fourth-order valence-corrected chi connectivity index (χ4v) is 2.46. The third-order valence-electron chi connectivity index (χ3n) is 3.60. The molecule has 104 valence electrons. The maximum atomic E-state index is 11.0. The van der Waals surface area contributed by atoms with E-state index < -0.39 is 0 Å². The summed E-state index contributed by atoms with van der Waals surface area (Å²) in [5.74, 6) is 0. The minimum absolute atomic E-state index is 0.116. The number of ether oxygens (including phenoxy) is 1. The van der Waals surface area contributed by atoms with Crippen LogP contribution in [0.25, 0.3) is 0 Å². The summed E-state index contributed by atoms with van der Waals surface area (Å²) < 4.78 is 5.94. The molecule has 0 aromatic heterocycles. The topological polar surface area (TPSA) is 64.4 Å². The van der Waals surface area contributed by atoms with Crippen molar-refractivity contribution >= 4 is 27.3 Å². The summed E-state index contributed by atoms with van der Waals surface area (Å²) in [6.45, 7) is 1.50. The van der Waals surface area contributed by atoms with Crippen molar-refractivity contribution in [3.8, 4) is 0 Å². The molecule has 0 heterocycles. The van der Waals surface area contributed by atoms with Crippen LogP contribution in [0.4, 0.5) is 11.4 Å². The van der Waals surface area contributed by atoms with Crippen LogP contribution < -0.4 is 5.32 Å². The van der Waals surface area contributed by atoms with Crippen LogP contribution in [0.5, 0.6) is 0 Å². The zero-order valence-electron chi connectivity index (χ0n) is 10.8. The van der Waals surface area contributed by atoms with Gasteiger partial charge in [0.05, 0.1) is 4.92 Å². The van der Waals surface area contributed by atoms with Crippen LogP contribution in [-0.2, 0) is 4.74 Å². The molecule has 0 radical (unpaired) electrons. The Morgan fingerprint density at radius 2 is 2.26 bits per heavy atom. The monoisotopic (exact) mass is 328 g/mol. The zero-order chi connectivity index (χ0) is 13.9. The van der Waals surface area contributed by atoms with Gasteiger partial charge in [0, 0.05) is 30.8 Å². The first-order valence-electron chi connectivity index (χ1n) is 6.23. The Kier molecular flexibility index (Phi) is 4.42. The van der Waals surface area contributed by atoms with E-state index in [0.717, 1.165) is 36.9 Å². The first kappa shape index (κ1) is 14.3. The molecule has 1 aliphatic rings. The molecule has 1 saturated carbocycles. The molecule has 1 N–H and O–H groups in total. The Balaban J connectivity index is 2.03. The first-order valence-corrected chi connectivity index (χ1v) is 7.02. The van der Waals surface area contributed by atoms with Gasteiger partial charge in [-0.1, -0.05) is 15.9 Å². The number of nitro groups is 1. The summed E-state index contributed by atoms with van der Waals surface area (Å²) in [5.41, 5.74) is 0.945. The smallest absolute Gasteiger partial charge is 0.292 e. The van der Waals surface area contributed by atoms with Crippen LogP contribution in [-0.4, -0.2) is 25.2 Å². The summed E-state index contributed by atoms with van der Waals surface area (Å²) in [7, 11) is 1.70. The molecule has 0 unspecified atom stereocenters. The molecule has 1 aromatic rings. The van der Waals surface area contributed by atoms with E-state index in [1.54, 1.807) is 19.2 Å². The molecular weight excluding hydrogens is 312 g/mol. The molecule has 0 amide bonds. The van der Waals surface area contributed by atoms with Gasteiger partial charge in [0.15, 0.2) is 0 Å². The van der Waals surface area contributed by atoms with E-state index in [1.165, 1.54) is 6.07 Å². The molecular formula is C13H17BrN2O3. The fraction of sp³-hybridized carbons (Fsp3) is 0.538. The fourth-order valence-electron chi connectivity index (χ4n) is 2.10. The van der Waals surface area contributed by atoms with Gasteiger partial charge in [-0.05, 0) is 36.8 Å². The van der Waals surface area contributed by atoms with Crippen LogP contribution in [0, 0.1) is 15.5 Å². The largest absolute Gasteiger partial charge is 0.385 e. The van der Waals surface area contributed by atoms with Gasteiger partial charge in [-0.3, -0.25) is 10.1 Å². The molecule has 5 nitrogen and oxygen atoms in total. The van der Waals surface area contributed by atoms with Crippen molar-refractivity contribution in [1.82, 2.24) is 0 Å².